The fourth-order valence-corrected chi connectivity index (χ4v) is 7.85. The summed E-state index contributed by atoms with van der Waals surface area (Å²) in [5.74, 6) is -1.01. The summed E-state index contributed by atoms with van der Waals surface area (Å²) < 4.78 is 89.9. The number of nitrogens with zero attached hydrogens (tertiary/aromatic N) is 8. The Bertz CT molecular complexity index is 1680. The molecule has 2 aromatic heterocycles. The molecule has 0 atom stereocenters. The first kappa shape index (κ1) is 31.2. The number of aromatic nitrogens is 5. The van der Waals surface area contributed by atoms with Crippen LogP contribution in [0.3, 0.4) is 0 Å². The lowest BCUT2D eigenvalue weighted by Gasteiger charge is -2.36. The van der Waals surface area contributed by atoms with E-state index in [1.165, 1.54) is 23.0 Å². The molecule has 15 nitrogen and oxygen atoms in total. The summed E-state index contributed by atoms with van der Waals surface area (Å²) in [6, 6.07) is 4.53. The van der Waals surface area contributed by atoms with Gasteiger partial charge in [-0.05, 0) is 25.0 Å². The van der Waals surface area contributed by atoms with Crippen molar-refractivity contribution in [2.45, 2.75) is 25.3 Å². The third kappa shape index (κ3) is 6.79. The van der Waals surface area contributed by atoms with Gasteiger partial charge < -0.3 is 19.3 Å². The minimum Gasteiger partial charge on any atom is -0.494 e. The maximum atomic E-state index is 14.3. The highest BCUT2D eigenvalue weighted by molar-refractivity contribution is 7.92. The zero-order valence-corrected chi connectivity index (χ0v) is 25.3. The maximum Gasteiger partial charge on any atom is 0.296 e. The van der Waals surface area contributed by atoms with E-state index in [1.54, 1.807) is 18.2 Å². The van der Waals surface area contributed by atoms with Crippen LogP contribution in [-0.4, -0.2) is 117 Å². The number of fused-ring (bicyclic) bond motifs is 1. The van der Waals surface area contributed by atoms with Crippen molar-refractivity contribution in [1.82, 2.24) is 28.8 Å². The quantitative estimate of drug-likeness (QED) is 0.324. The smallest absolute Gasteiger partial charge is 0.296 e. The molecule has 236 valence electrons. The second-order valence-corrected chi connectivity index (χ2v) is 14.1. The molecule has 2 saturated heterocycles. The summed E-state index contributed by atoms with van der Waals surface area (Å²) in [5, 5.41) is 4.99. The largest absolute Gasteiger partial charge is 0.494 e. The molecule has 43 heavy (non-hydrogen) atoms. The van der Waals surface area contributed by atoms with E-state index in [9.17, 15) is 25.6 Å². The van der Waals surface area contributed by atoms with Crippen molar-refractivity contribution in [3.8, 4) is 11.7 Å². The molecule has 2 aliphatic rings. The Kier molecular flexibility index (Phi) is 8.98. The molecule has 0 bridgehead atoms. The van der Waals surface area contributed by atoms with Gasteiger partial charge in [-0.15, -0.1) is 0 Å². The van der Waals surface area contributed by atoms with Crippen LogP contribution in [0.4, 0.5) is 20.7 Å². The van der Waals surface area contributed by atoms with E-state index >= 15 is 0 Å². The number of imidazole rings is 1. The number of methoxy groups -OCH3 is 1. The molecule has 3 aromatic rings. The van der Waals surface area contributed by atoms with Crippen LogP contribution in [0.5, 0.6) is 5.75 Å². The van der Waals surface area contributed by atoms with Crippen LogP contribution in [0.25, 0.3) is 17.0 Å². The number of sulfonamides is 2. The molecule has 2 aliphatic heterocycles. The van der Waals surface area contributed by atoms with Crippen molar-refractivity contribution >= 4 is 43.0 Å². The number of hydrogen-bond donors (Lipinski definition) is 1. The lowest BCUT2D eigenvalue weighted by Crippen LogP contribution is -2.47. The van der Waals surface area contributed by atoms with Gasteiger partial charge in [0.1, 0.15) is 11.3 Å². The van der Waals surface area contributed by atoms with Gasteiger partial charge in [-0.25, -0.2) is 40.0 Å². The minimum absolute atomic E-state index is 0.0395. The van der Waals surface area contributed by atoms with Crippen LogP contribution >= 0.6 is 0 Å². The average Bonchev–Trinajstić information content (AvgIpc) is 3.40. The fraction of sp³-hybridized carbons (Fsp3) is 0.583. The van der Waals surface area contributed by atoms with Gasteiger partial charge in [0.2, 0.25) is 37.9 Å². The predicted molar refractivity (Wildman–Crippen MR) is 154 cm³/mol. The zero-order valence-electron chi connectivity index (χ0n) is 23.6. The Morgan fingerprint density at radius 1 is 0.977 bits per heavy atom. The van der Waals surface area contributed by atoms with Gasteiger partial charge in [0.05, 0.1) is 37.3 Å². The number of rotatable bonds is 10. The predicted octanol–water partition coefficient (Wildman–Crippen LogP) is 0.512. The second-order valence-electron chi connectivity index (χ2n) is 10.2. The van der Waals surface area contributed by atoms with Crippen LogP contribution in [0.2, 0.25) is 0 Å². The van der Waals surface area contributed by atoms with E-state index in [1.807, 2.05) is 9.80 Å². The first-order valence-corrected chi connectivity index (χ1v) is 16.8. The summed E-state index contributed by atoms with van der Waals surface area (Å²) in [6.45, 7) is 2.58. The van der Waals surface area contributed by atoms with E-state index in [0.29, 0.717) is 63.5 Å². The number of hydrogen-bond acceptors (Lipinski definition) is 12. The molecule has 0 radical (unpaired) electrons. The highest BCUT2D eigenvalue weighted by Crippen LogP contribution is 2.33. The van der Waals surface area contributed by atoms with Gasteiger partial charge in [-0.1, -0.05) is 6.07 Å². The summed E-state index contributed by atoms with van der Waals surface area (Å²) in [5.41, 5.74) is 0.576. The molecule has 0 spiro atoms. The standard InChI is InChI=1S/C24H33F2N9O6S2/c1-32(43(38,39)15-14-42(27,36)37)16-6-8-33(9-7-16)22-29-23(34-10-12-41-13-11-34)31-24(30-22)35-17-4-3-5-18(40-2)19(17)28-21(35)20(25)26/h3-5,16,20H,6-15H2,1-2H3,(H2,27,36,37). The molecule has 2 fully saturated rings. The zero-order chi connectivity index (χ0) is 30.9. The van der Waals surface area contributed by atoms with Crippen molar-refractivity contribution in [1.29, 1.82) is 0 Å². The molecule has 0 aliphatic carbocycles. The lowest BCUT2D eigenvalue weighted by molar-refractivity contribution is 0.122. The highest BCUT2D eigenvalue weighted by atomic mass is 32.2. The van der Waals surface area contributed by atoms with Gasteiger partial charge in [0, 0.05) is 39.3 Å². The maximum absolute atomic E-state index is 14.3. The third-order valence-electron chi connectivity index (χ3n) is 7.51. The summed E-state index contributed by atoms with van der Waals surface area (Å²) in [4.78, 5) is 21.7. The molecule has 4 heterocycles. The summed E-state index contributed by atoms with van der Waals surface area (Å²) in [7, 11) is -4.96. The number of ether oxygens (including phenoxy) is 2. The van der Waals surface area contributed by atoms with Crippen LogP contribution in [0.1, 0.15) is 25.1 Å². The highest BCUT2D eigenvalue weighted by Gasteiger charge is 2.32. The SMILES string of the molecule is COc1cccc2c1nc(C(F)F)n2-c1nc(N2CCOCC2)nc(N2CCC(N(C)S(=O)(=O)CCS(N)(=O)=O)CC2)n1. The molecule has 0 amide bonds. The summed E-state index contributed by atoms with van der Waals surface area (Å²) >= 11 is 0. The van der Waals surface area contributed by atoms with E-state index in [2.05, 4.69) is 19.9 Å². The number of primary sulfonamides is 1. The van der Waals surface area contributed by atoms with Crippen LogP contribution in [0, 0.1) is 0 Å². The molecule has 2 N–H and O–H groups in total. The Morgan fingerprint density at radius 2 is 1.58 bits per heavy atom. The lowest BCUT2D eigenvalue weighted by atomic mass is 10.1. The number of alkyl halides is 2. The Balaban J connectivity index is 1.48. The molecular formula is C24H33F2N9O6S2. The van der Waals surface area contributed by atoms with E-state index in [4.69, 9.17) is 14.6 Å². The van der Waals surface area contributed by atoms with Crippen molar-refractivity contribution in [3.05, 3.63) is 24.0 Å². The Hall–Kier alpha value is -3.26. The number of anilines is 2. The second kappa shape index (κ2) is 12.4. The Labute approximate surface area is 247 Å². The topological polar surface area (TPSA) is 179 Å². The number of halogens is 2. The monoisotopic (exact) mass is 645 g/mol. The van der Waals surface area contributed by atoms with E-state index in [-0.39, 0.29) is 23.4 Å². The number of benzene rings is 1. The molecule has 19 heteroatoms. The number of piperidine rings is 1. The number of morpholine rings is 1. The van der Waals surface area contributed by atoms with Crippen LogP contribution < -0.4 is 19.7 Å². The number of para-hydroxylation sites is 1. The fourth-order valence-electron chi connectivity index (χ4n) is 5.12. The molecule has 0 saturated carbocycles. The molecular weight excluding hydrogens is 612 g/mol. The van der Waals surface area contributed by atoms with E-state index in [0.717, 1.165) is 0 Å². The first-order chi connectivity index (χ1) is 20.4. The van der Waals surface area contributed by atoms with Crippen molar-refractivity contribution in [2.75, 3.05) is 74.9 Å². The van der Waals surface area contributed by atoms with Crippen molar-refractivity contribution < 1.29 is 35.1 Å². The normalized spacial score (nSPS) is 17.4. The van der Waals surface area contributed by atoms with Crippen molar-refractivity contribution in [2.24, 2.45) is 5.14 Å². The average molecular weight is 646 g/mol. The van der Waals surface area contributed by atoms with Crippen molar-refractivity contribution in [3.63, 3.8) is 0 Å². The number of nitrogens with two attached hydrogens (primary N) is 1. The van der Waals surface area contributed by atoms with Gasteiger partial charge in [0.15, 0.2) is 5.82 Å². The third-order valence-corrected chi connectivity index (χ3v) is 10.4. The van der Waals surface area contributed by atoms with Crippen LogP contribution in [0.15, 0.2) is 18.2 Å². The van der Waals surface area contributed by atoms with Crippen LogP contribution in [-0.2, 0) is 24.8 Å². The molecule has 5 rings (SSSR count). The van der Waals surface area contributed by atoms with Gasteiger partial charge >= 0.3 is 0 Å². The van der Waals surface area contributed by atoms with Gasteiger partial charge in [-0.2, -0.15) is 15.0 Å². The van der Waals surface area contributed by atoms with Gasteiger partial charge in [-0.3, -0.25) is 4.57 Å². The molecule has 1 aromatic carbocycles. The Morgan fingerprint density at radius 3 is 2.16 bits per heavy atom. The minimum atomic E-state index is -3.94. The van der Waals surface area contributed by atoms with Gasteiger partial charge in [0.25, 0.3) is 6.43 Å². The molecule has 0 unspecified atom stereocenters. The van der Waals surface area contributed by atoms with E-state index < -0.39 is 49.8 Å². The summed E-state index contributed by atoms with van der Waals surface area (Å²) in [6.07, 6.45) is -2.15. The first-order valence-electron chi connectivity index (χ1n) is 13.5.